The second-order valence-electron chi connectivity index (χ2n) is 9.04. The predicted octanol–water partition coefficient (Wildman–Crippen LogP) is 7.84. The van der Waals surface area contributed by atoms with Crippen LogP contribution in [0.4, 0.5) is 0 Å². The van der Waals surface area contributed by atoms with E-state index in [2.05, 4.69) is 27.4 Å². The first-order valence-corrected chi connectivity index (χ1v) is 11.9. The van der Waals surface area contributed by atoms with Gasteiger partial charge < -0.3 is 10.8 Å². The minimum atomic E-state index is -0.369. The molecule has 1 aliphatic rings. The molecule has 164 valence electrons. The molecule has 0 radical (unpaired) electrons. The minimum Gasteiger partial charge on any atom is -0.312 e. The second-order valence-corrected chi connectivity index (χ2v) is 9.04. The standard InChI is InChI=1S/C26H44N2O/c1-6-10-12-20(5)13-11-14-21-17-26(15-7-2,16-8-3)18-22(19-27)25(29)24(21)23(28)9-4/h19,22,27-28H,5-18H2,1-4H3. The Bertz CT molecular complexity index is 608. The number of Topliss-reactive ketones (excluding diaryl/α,β-unsaturated/α-hetero) is 1. The van der Waals surface area contributed by atoms with Crippen LogP contribution in [0.3, 0.4) is 0 Å². The van der Waals surface area contributed by atoms with Gasteiger partial charge in [0.15, 0.2) is 5.78 Å². The molecule has 0 fully saturated rings. The normalized spacial score (nSPS) is 19.2. The van der Waals surface area contributed by atoms with E-state index < -0.39 is 0 Å². The monoisotopic (exact) mass is 400 g/mol. The van der Waals surface area contributed by atoms with Crippen LogP contribution < -0.4 is 0 Å². The number of unbranched alkanes of at least 4 members (excludes halogenated alkanes) is 1. The fourth-order valence-corrected chi connectivity index (χ4v) is 5.09. The molecule has 2 N–H and O–H groups in total. The molecule has 3 heteroatoms. The van der Waals surface area contributed by atoms with Crippen molar-refractivity contribution in [3.05, 3.63) is 23.3 Å². The SMILES string of the molecule is C=C(CCCC)CCCC1=C(C(=N)CC)C(=O)C(C=N)CC(CCC)(CCC)C1. The Labute approximate surface area is 179 Å². The van der Waals surface area contributed by atoms with Gasteiger partial charge >= 0.3 is 0 Å². The quantitative estimate of drug-likeness (QED) is 0.226. The molecule has 1 atom stereocenters. The van der Waals surface area contributed by atoms with E-state index in [-0.39, 0.29) is 17.1 Å². The van der Waals surface area contributed by atoms with Gasteiger partial charge in [-0.25, -0.2) is 0 Å². The summed E-state index contributed by atoms with van der Waals surface area (Å²) in [4.78, 5) is 13.4. The van der Waals surface area contributed by atoms with Crippen molar-refractivity contribution in [1.29, 1.82) is 10.8 Å². The van der Waals surface area contributed by atoms with Gasteiger partial charge in [0.05, 0.1) is 5.92 Å². The maximum atomic E-state index is 13.4. The first-order chi connectivity index (χ1) is 13.9. The maximum absolute atomic E-state index is 13.4. The lowest BCUT2D eigenvalue weighted by Crippen LogP contribution is -2.27. The summed E-state index contributed by atoms with van der Waals surface area (Å²) < 4.78 is 0. The summed E-state index contributed by atoms with van der Waals surface area (Å²) in [6, 6.07) is 0. The van der Waals surface area contributed by atoms with E-state index in [0.29, 0.717) is 17.7 Å². The van der Waals surface area contributed by atoms with Crippen molar-refractivity contribution >= 4 is 17.7 Å². The van der Waals surface area contributed by atoms with Crippen molar-refractivity contribution in [1.82, 2.24) is 0 Å². The number of nitrogens with one attached hydrogen (secondary N) is 2. The Hall–Kier alpha value is -1.51. The van der Waals surface area contributed by atoms with E-state index in [1.165, 1.54) is 30.2 Å². The first-order valence-electron chi connectivity index (χ1n) is 11.9. The third kappa shape index (κ3) is 7.35. The van der Waals surface area contributed by atoms with E-state index in [1.54, 1.807) is 0 Å². The number of ketones is 1. The van der Waals surface area contributed by atoms with Crippen LogP contribution in [-0.4, -0.2) is 17.7 Å². The third-order valence-corrected chi connectivity index (χ3v) is 6.49. The zero-order chi connectivity index (χ0) is 21.9. The zero-order valence-corrected chi connectivity index (χ0v) is 19.5. The van der Waals surface area contributed by atoms with Crippen LogP contribution in [0.25, 0.3) is 0 Å². The molecule has 1 rings (SSSR count). The van der Waals surface area contributed by atoms with Crippen molar-refractivity contribution < 1.29 is 4.79 Å². The Morgan fingerprint density at radius 3 is 2.24 bits per heavy atom. The molecule has 0 aromatic heterocycles. The van der Waals surface area contributed by atoms with Crippen molar-refractivity contribution in [3.63, 3.8) is 0 Å². The van der Waals surface area contributed by atoms with Gasteiger partial charge in [0.1, 0.15) is 0 Å². The van der Waals surface area contributed by atoms with Gasteiger partial charge in [-0.05, 0) is 69.6 Å². The summed E-state index contributed by atoms with van der Waals surface area (Å²) in [7, 11) is 0. The molecule has 0 aliphatic heterocycles. The number of carbonyl (C=O) groups is 1. The molecular weight excluding hydrogens is 356 g/mol. The number of carbonyl (C=O) groups excluding carboxylic acids is 1. The van der Waals surface area contributed by atoms with Crippen molar-refractivity contribution in [2.24, 2.45) is 11.3 Å². The Morgan fingerprint density at radius 2 is 1.72 bits per heavy atom. The van der Waals surface area contributed by atoms with E-state index in [9.17, 15) is 4.79 Å². The molecule has 0 saturated carbocycles. The summed E-state index contributed by atoms with van der Waals surface area (Å²) in [5.74, 6) is -0.340. The van der Waals surface area contributed by atoms with E-state index in [4.69, 9.17) is 10.8 Å². The van der Waals surface area contributed by atoms with E-state index in [0.717, 1.165) is 64.2 Å². The van der Waals surface area contributed by atoms with Gasteiger partial charge in [-0.3, -0.25) is 4.79 Å². The van der Waals surface area contributed by atoms with E-state index in [1.807, 2.05) is 6.92 Å². The summed E-state index contributed by atoms with van der Waals surface area (Å²) in [5.41, 5.74) is 3.72. The zero-order valence-electron chi connectivity index (χ0n) is 19.5. The molecule has 29 heavy (non-hydrogen) atoms. The van der Waals surface area contributed by atoms with Gasteiger partial charge in [-0.2, -0.15) is 0 Å². The van der Waals surface area contributed by atoms with Crippen LogP contribution in [0, 0.1) is 22.2 Å². The van der Waals surface area contributed by atoms with Gasteiger partial charge in [0.25, 0.3) is 0 Å². The molecule has 1 aliphatic carbocycles. The molecule has 3 nitrogen and oxygen atoms in total. The van der Waals surface area contributed by atoms with Crippen LogP contribution in [0.5, 0.6) is 0 Å². The van der Waals surface area contributed by atoms with E-state index >= 15 is 0 Å². The largest absolute Gasteiger partial charge is 0.312 e. The van der Waals surface area contributed by atoms with Crippen LogP contribution >= 0.6 is 0 Å². The summed E-state index contributed by atoms with van der Waals surface area (Å²) in [6.45, 7) is 12.8. The Morgan fingerprint density at radius 1 is 1.10 bits per heavy atom. The lowest BCUT2D eigenvalue weighted by Gasteiger charge is -2.35. The second kappa shape index (κ2) is 12.9. The average molecular weight is 401 g/mol. The average Bonchev–Trinajstić information content (AvgIpc) is 2.81. The molecular formula is C26H44N2O. The highest BCUT2D eigenvalue weighted by Gasteiger charge is 2.40. The molecule has 0 bridgehead atoms. The Kier molecular flexibility index (Phi) is 11.4. The molecule has 0 amide bonds. The predicted molar refractivity (Wildman–Crippen MR) is 126 cm³/mol. The molecule has 0 spiro atoms. The summed E-state index contributed by atoms with van der Waals surface area (Å²) in [5, 5.41) is 16.5. The lowest BCUT2D eigenvalue weighted by molar-refractivity contribution is -0.117. The number of hydrogen-bond donors (Lipinski definition) is 2. The molecule has 0 aromatic rings. The number of rotatable bonds is 14. The number of allylic oxidation sites excluding steroid dienone is 3. The highest BCUT2D eigenvalue weighted by atomic mass is 16.1. The van der Waals surface area contributed by atoms with Gasteiger partial charge in [0, 0.05) is 17.5 Å². The molecule has 0 aromatic carbocycles. The summed E-state index contributed by atoms with van der Waals surface area (Å²) >= 11 is 0. The van der Waals surface area contributed by atoms with Crippen molar-refractivity contribution in [2.45, 2.75) is 111 Å². The fourth-order valence-electron chi connectivity index (χ4n) is 5.09. The first kappa shape index (κ1) is 25.5. The van der Waals surface area contributed by atoms with Gasteiger partial charge in [-0.15, -0.1) is 0 Å². The van der Waals surface area contributed by atoms with Crippen LogP contribution in [0.2, 0.25) is 0 Å². The van der Waals surface area contributed by atoms with Crippen molar-refractivity contribution in [2.75, 3.05) is 0 Å². The molecule has 0 heterocycles. The van der Waals surface area contributed by atoms with Gasteiger partial charge in [-0.1, -0.05) is 64.7 Å². The van der Waals surface area contributed by atoms with Crippen LogP contribution in [0.1, 0.15) is 111 Å². The van der Waals surface area contributed by atoms with Gasteiger partial charge in [0.2, 0.25) is 0 Å². The van der Waals surface area contributed by atoms with Crippen molar-refractivity contribution in [3.8, 4) is 0 Å². The van der Waals surface area contributed by atoms with Crippen LogP contribution in [0.15, 0.2) is 23.3 Å². The lowest BCUT2D eigenvalue weighted by atomic mass is 9.70. The Balaban J connectivity index is 3.23. The third-order valence-electron chi connectivity index (χ3n) is 6.49. The summed E-state index contributed by atoms with van der Waals surface area (Å²) in [6.07, 6.45) is 14.4. The fraction of sp³-hybridized carbons (Fsp3) is 0.731. The molecule has 0 saturated heterocycles. The maximum Gasteiger partial charge on any atom is 0.173 e. The highest BCUT2D eigenvalue weighted by Crippen LogP contribution is 2.47. The highest BCUT2D eigenvalue weighted by molar-refractivity contribution is 6.25. The minimum absolute atomic E-state index is 0.0285. The van der Waals surface area contributed by atoms with Crippen LogP contribution in [-0.2, 0) is 4.79 Å². The smallest absolute Gasteiger partial charge is 0.173 e. The number of hydrogen-bond acceptors (Lipinski definition) is 3. The topological polar surface area (TPSA) is 64.8 Å². The molecule has 1 unspecified atom stereocenters.